The Kier molecular flexibility index (Phi) is 8.26. The summed E-state index contributed by atoms with van der Waals surface area (Å²) < 4.78 is 11.5. The van der Waals surface area contributed by atoms with Gasteiger partial charge in [0.15, 0.2) is 11.5 Å². The molecule has 2 heterocycles. The van der Waals surface area contributed by atoms with E-state index in [1.165, 1.54) is 37.2 Å². The molecule has 2 aliphatic heterocycles. The zero-order valence-corrected chi connectivity index (χ0v) is 19.3. The second-order valence-electron chi connectivity index (χ2n) is 8.91. The van der Waals surface area contributed by atoms with Crippen molar-refractivity contribution < 1.29 is 14.6 Å². The molecule has 0 radical (unpaired) electrons. The van der Waals surface area contributed by atoms with Crippen LogP contribution in [0, 0.1) is 0 Å². The van der Waals surface area contributed by atoms with Crippen molar-refractivity contribution in [3.63, 3.8) is 0 Å². The molecule has 1 unspecified atom stereocenters. The van der Waals surface area contributed by atoms with Crippen LogP contribution in [-0.4, -0.2) is 80.5 Å². The number of hydrogen-bond donors (Lipinski definition) is 1. The molecule has 174 valence electrons. The van der Waals surface area contributed by atoms with Crippen LogP contribution in [0.5, 0.6) is 11.5 Å². The molecular weight excluding hydrogens is 402 g/mol. The molecule has 0 saturated carbocycles. The lowest BCUT2D eigenvalue weighted by molar-refractivity contribution is 0.0694. The second kappa shape index (κ2) is 11.5. The van der Waals surface area contributed by atoms with E-state index in [2.05, 4.69) is 57.2 Å². The predicted octanol–water partition coefficient (Wildman–Crippen LogP) is 3.24. The molecule has 6 nitrogen and oxygen atoms in total. The number of para-hydroxylation sites is 1. The molecular formula is C26H37N3O3. The smallest absolute Gasteiger partial charge is 0.161 e. The van der Waals surface area contributed by atoms with E-state index in [0.29, 0.717) is 12.3 Å². The maximum absolute atomic E-state index is 10.6. The Morgan fingerprint density at radius 2 is 1.62 bits per heavy atom. The van der Waals surface area contributed by atoms with Gasteiger partial charge in [-0.05, 0) is 68.7 Å². The van der Waals surface area contributed by atoms with Crippen LogP contribution in [0.3, 0.4) is 0 Å². The van der Waals surface area contributed by atoms with Crippen LogP contribution in [-0.2, 0) is 6.54 Å². The number of rotatable bonds is 9. The van der Waals surface area contributed by atoms with Gasteiger partial charge < -0.3 is 19.5 Å². The first-order chi connectivity index (χ1) is 15.7. The van der Waals surface area contributed by atoms with Gasteiger partial charge in [-0.25, -0.2) is 0 Å². The highest BCUT2D eigenvalue weighted by Crippen LogP contribution is 2.29. The summed E-state index contributed by atoms with van der Waals surface area (Å²) in [5.74, 6) is 1.44. The molecule has 0 aromatic heterocycles. The third-order valence-corrected chi connectivity index (χ3v) is 6.44. The maximum Gasteiger partial charge on any atom is 0.161 e. The molecule has 2 aromatic rings. The molecule has 0 aliphatic carbocycles. The Morgan fingerprint density at radius 3 is 2.41 bits per heavy atom. The van der Waals surface area contributed by atoms with Gasteiger partial charge in [0, 0.05) is 38.4 Å². The lowest BCUT2D eigenvalue weighted by Gasteiger charge is -2.25. The standard InChI is InChI=1S/C26H37N3O3/c1-31-26-18-22(19-27-12-5-6-13-27)10-11-25(26)32-21-24(30)20-28-14-7-15-29(17-16-28)23-8-3-2-4-9-23/h2-4,8-11,18,24,30H,5-7,12-17,19-21H2,1H3. The SMILES string of the molecule is COc1cc(CN2CCCC2)ccc1OCC(O)CN1CCCN(c2ccccc2)CC1. The van der Waals surface area contributed by atoms with Gasteiger partial charge in [-0.2, -0.15) is 0 Å². The molecule has 0 spiro atoms. The van der Waals surface area contributed by atoms with Crippen LogP contribution in [0.15, 0.2) is 48.5 Å². The number of ether oxygens (including phenoxy) is 2. The first-order valence-electron chi connectivity index (χ1n) is 11.9. The third-order valence-electron chi connectivity index (χ3n) is 6.44. The minimum absolute atomic E-state index is 0.265. The highest BCUT2D eigenvalue weighted by molar-refractivity contribution is 5.46. The van der Waals surface area contributed by atoms with E-state index in [4.69, 9.17) is 9.47 Å². The first-order valence-corrected chi connectivity index (χ1v) is 11.9. The number of anilines is 1. The highest BCUT2D eigenvalue weighted by Gasteiger charge is 2.19. The normalized spacial score (nSPS) is 19.0. The summed E-state index contributed by atoms with van der Waals surface area (Å²) in [7, 11) is 1.67. The molecule has 1 atom stereocenters. The topological polar surface area (TPSA) is 48.4 Å². The fraction of sp³-hybridized carbons (Fsp3) is 0.538. The summed E-state index contributed by atoms with van der Waals surface area (Å²) in [6.07, 6.45) is 3.14. The Hall–Kier alpha value is -2.28. The fourth-order valence-electron chi connectivity index (χ4n) is 4.72. The van der Waals surface area contributed by atoms with E-state index < -0.39 is 6.10 Å². The van der Waals surface area contributed by atoms with Crippen molar-refractivity contribution in [3.05, 3.63) is 54.1 Å². The van der Waals surface area contributed by atoms with Gasteiger partial charge in [0.25, 0.3) is 0 Å². The van der Waals surface area contributed by atoms with Gasteiger partial charge in [0.1, 0.15) is 12.7 Å². The minimum atomic E-state index is -0.535. The van der Waals surface area contributed by atoms with Gasteiger partial charge in [-0.3, -0.25) is 9.80 Å². The van der Waals surface area contributed by atoms with Crippen molar-refractivity contribution in [3.8, 4) is 11.5 Å². The Morgan fingerprint density at radius 1 is 0.844 bits per heavy atom. The van der Waals surface area contributed by atoms with Gasteiger partial charge in [0.2, 0.25) is 0 Å². The van der Waals surface area contributed by atoms with Gasteiger partial charge in [-0.15, -0.1) is 0 Å². The van der Waals surface area contributed by atoms with E-state index >= 15 is 0 Å². The molecule has 32 heavy (non-hydrogen) atoms. The molecule has 4 rings (SSSR count). The molecule has 2 aliphatic rings. The van der Waals surface area contributed by atoms with Crippen LogP contribution >= 0.6 is 0 Å². The number of aliphatic hydroxyl groups is 1. The van der Waals surface area contributed by atoms with E-state index in [1.807, 2.05) is 6.07 Å². The van der Waals surface area contributed by atoms with Crippen LogP contribution in [0.2, 0.25) is 0 Å². The molecule has 0 amide bonds. The van der Waals surface area contributed by atoms with Gasteiger partial charge in [-0.1, -0.05) is 24.3 Å². The summed E-state index contributed by atoms with van der Waals surface area (Å²) in [6, 6.07) is 16.7. The average Bonchev–Trinajstić information content (AvgIpc) is 3.22. The quantitative estimate of drug-likeness (QED) is 0.647. The molecule has 6 heteroatoms. The first kappa shape index (κ1) is 22.9. The lowest BCUT2D eigenvalue weighted by atomic mass is 10.2. The average molecular weight is 440 g/mol. The number of benzene rings is 2. The van der Waals surface area contributed by atoms with Crippen molar-refractivity contribution in [2.45, 2.75) is 31.9 Å². The van der Waals surface area contributed by atoms with Gasteiger partial charge in [0.05, 0.1) is 7.11 Å². The van der Waals surface area contributed by atoms with E-state index in [0.717, 1.165) is 44.9 Å². The molecule has 2 saturated heterocycles. The summed E-state index contributed by atoms with van der Waals surface area (Å²) >= 11 is 0. The molecule has 1 N–H and O–H groups in total. The highest BCUT2D eigenvalue weighted by atomic mass is 16.5. The van der Waals surface area contributed by atoms with Crippen molar-refractivity contribution in [2.24, 2.45) is 0 Å². The zero-order valence-electron chi connectivity index (χ0n) is 19.3. The molecule has 2 fully saturated rings. The van der Waals surface area contributed by atoms with E-state index in [1.54, 1.807) is 7.11 Å². The minimum Gasteiger partial charge on any atom is -0.493 e. The Balaban J connectivity index is 1.25. The van der Waals surface area contributed by atoms with E-state index in [9.17, 15) is 5.11 Å². The number of nitrogens with zero attached hydrogens (tertiary/aromatic N) is 3. The number of likely N-dealkylation sites (tertiary alicyclic amines) is 1. The van der Waals surface area contributed by atoms with Crippen LogP contribution < -0.4 is 14.4 Å². The van der Waals surface area contributed by atoms with Crippen LogP contribution in [0.4, 0.5) is 5.69 Å². The summed E-state index contributed by atoms with van der Waals surface area (Å²) in [6.45, 7) is 8.15. The Labute approximate surface area is 192 Å². The summed E-state index contributed by atoms with van der Waals surface area (Å²) in [4.78, 5) is 7.24. The van der Waals surface area contributed by atoms with Gasteiger partial charge >= 0.3 is 0 Å². The number of β-amino-alcohol motifs (C(OH)–C–C–N with tert-alkyl or cyclic N) is 1. The Bertz CT molecular complexity index is 826. The van der Waals surface area contributed by atoms with Crippen molar-refractivity contribution in [1.82, 2.24) is 9.80 Å². The summed E-state index contributed by atoms with van der Waals surface area (Å²) in [5, 5.41) is 10.6. The van der Waals surface area contributed by atoms with Crippen molar-refractivity contribution in [1.29, 1.82) is 0 Å². The lowest BCUT2D eigenvalue weighted by Crippen LogP contribution is -2.38. The molecule has 2 aromatic carbocycles. The second-order valence-corrected chi connectivity index (χ2v) is 8.91. The number of methoxy groups -OCH3 is 1. The maximum atomic E-state index is 10.6. The third kappa shape index (κ3) is 6.37. The van der Waals surface area contributed by atoms with E-state index in [-0.39, 0.29) is 6.61 Å². The number of hydrogen-bond acceptors (Lipinski definition) is 6. The fourth-order valence-corrected chi connectivity index (χ4v) is 4.72. The van der Waals surface area contributed by atoms with Crippen LogP contribution in [0.1, 0.15) is 24.8 Å². The largest absolute Gasteiger partial charge is 0.493 e. The molecule has 0 bridgehead atoms. The predicted molar refractivity (Wildman–Crippen MR) is 129 cm³/mol. The zero-order chi connectivity index (χ0) is 22.2. The monoisotopic (exact) mass is 439 g/mol. The van der Waals surface area contributed by atoms with Crippen molar-refractivity contribution in [2.75, 3.05) is 64.4 Å². The van der Waals surface area contributed by atoms with Crippen molar-refractivity contribution >= 4 is 5.69 Å². The summed E-state index contributed by atoms with van der Waals surface area (Å²) in [5.41, 5.74) is 2.52. The van der Waals surface area contributed by atoms with Crippen LogP contribution in [0.25, 0.3) is 0 Å². The number of aliphatic hydroxyl groups excluding tert-OH is 1.